The fourth-order valence-electron chi connectivity index (χ4n) is 0.834. The van der Waals surface area contributed by atoms with Gasteiger partial charge >= 0.3 is 0 Å². The fraction of sp³-hybridized carbons (Fsp3) is 0. The molecular formula is C6H5N3O. The van der Waals surface area contributed by atoms with Crippen molar-refractivity contribution in [3.05, 3.63) is 23.4 Å². The quantitative estimate of drug-likeness (QED) is 0.531. The first-order valence-corrected chi connectivity index (χ1v) is 2.77. The number of imidazole rings is 1. The second-order valence-corrected chi connectivity index (χ2v) is 1.98. The van der Waals surface area contributed by atoms with Crippen LogP contribution in [0.15, 0.2) is 16.9 Å². The number of oxazole rings is 1. The molecule has 2 rings (SSSR count). The average molecular weight is 135 g/mol. The van der Waals surface area contributed by atoms with Crippen molar-refractivity contribution in [2.45, 2.75) is 0 Å². The third-order valence-corrected chi connectivity index (χ3v) is 1.36. The molecule has 4 nitrogen and oxygen atoms in total. The summed E-state index contributed by atoms with van der Waals surface area (Å²) in [5, 5.41) is 7.72. The molecule has 0 radical (unpaired) electrons. The molecule has 0 aromatic carbocycles. The minimum Gasteiger partial charge on any atom is -0.419 e. The van der Waals surface area contributed by atoms with Gasteiger partial charge in [0.15, 0.2) is 0 Å². The van der Waals surface area contributed by atoms with E-state index in [1.54, 1.807) is 16.9 Å². The van der Waals surface area contributed by atoms with Gasteiger partial charge in [0, 0.05) is 0 Å². The monoisotopic (exact) mass is 135 g/mol. The Morgan fingerprint density at radius 1 is 1.70 bits per heavy atom. The van der Waals surface area contributed by atoms with Gasteiger partial charge in [0.05, 0.1) is 6.20 Å². The van der Waals surface area contributed by atoms with Crippen LogP contribution in [0.4, 0.5) is 0 Å². The number of hydrogen-bond acceptors (Lipinski definition) is 3. The maximum atomic E-state index is 7.19. The van der Waals surface area contributed by atoms with Crippen molar-refractivity contribution in [3.8, 4) is 0 Å². The Bertz CT molecular complexity index is 453. The predicted octanol–water partition coefficient (Wildman–Crippen LogP) is -0.464. The molecule has 0 aliphatic heterocycles. The van der Waals surface area contributed by atoms with Crippen molar-refractivity contribution in [2.75, 3.05) is 0 Å². The molecule has 10 heavy (non-hydrogen) atoms. The van der Waals surface area contributed by atoms with E-state index in [4.69, 9.17) is 9.83 Å². The molecule has 2 aromatic heterocycles. The SMILES string of the molecule is C=c1c(=N)oc2cncn12. The molecule has 50 valence electrons. The Labute approximate surface area is 55.9 Å². The normalized spacial score (nSPS) is 10.8. The maximum absolute atomic E-state index is 7.19. The van der Waals surface area contributed by atoms with E-state index in [1.807, 2.05) is 0 Å². The van der Waals surface area contributed by atoms with Crippen molar-refractivity contribution in [3.63, 3.8) is 0 Å². The van der Waals surface area contributed by atoms with Crippen LogP contribution in [-0.4, -0.2) is 9.38 Å². The Kier molecular flexibility index (Phi) is 0.768. The van der Waals surface area contributed by atoms with Gasteiger partial charge in [0.2, 0.25) is 11.3 Å². The number of nitrogens with one attached hydrogen (secondary N) is 1. The molecule has 2 heterocycles. The Hall–Kier alpha value is -1.58. The molecule has 0 amide bonds. The van der Waals surface area contributed by atoms with Gasteiger partial charge in [0.1, 0.15) is 11.7 Å². The first-order chi connectivity index (χ1) is 4.79. The van der Waals surface area contributed by atoms with E-state index < -0.39 is 0 Å². The molecule has 0 aliphatic rings. The van der Waals surface area contributed by atoms with Gasteiger partial charge in [-0.25, -0.2) is 4.98 Å². The van der Waals surface area contributed by atoms with Gasteiger partial charge in [-0.3, -0.25) is 9.81 Å². The molecule has 0 unspecified atom stereocenters. The summed E-state index contributed by atoms with van der Waals surface area (Å²) in [5.41, 5.74) is 0.660. The summed E-state index contributed by atoms with van der Waals surface area (Å²) in [6.45, 7) is 3.62. The largest absolute Gasteiger partial charge is 0.419 e. The number of nitrogens with zero attached hydrogens (tertiary/aromatic N) is 2. The Morgan fingerprint density at radius 3 is 3.20 bits per heavy atom. The van der Waals surface area contributed by atoms with Gasteiger partial charge < -0.3 is 4.42 Å². The van der Waals surface area contributed by atoms with E-state index in [0.29, 0.717) is 11.1 Å². The molecule has 0 fully saturated rings. The number of hydrogen-bond donors (Lipinski definition) is 1. The molecular weight excluding hydrogens is 130 g/mol. The van der Waals surface area contributed by atoms with E-state index in [1.165, 1.54) is 0 Å². The summed E-state index contributed by atoms with van der Waals surface area (Å²) in [4.78, 5) is 3.81. The molecule has 2 aromatic rings. The Morgan fingerprint density at radius 2 is 2.50 bits per heavy atom. The smallest absolute Gasteiger partial charge is 0.237 e. The number of fused-ring (bicyclic) bond motifs is 1. The van der Waals surface area contributed by atoms with Crippen molar-refractivity contribution in [1.29, 1.82) is 5.41 Å². The van der Waals surface area contributed by atoms with Gasteiger partial charge in [-0.2, -0.15) is 0 Å². The maximum Gasteiger partial charge on any atom is 0.237 e. The highest BCUT2D eigenvalue weighted by Crippen LogP contribution is 1.91. The van der Waals surface area contributed by atoms with Crippen LogP contribution in [-0.2, 0) is 0 Å². The minimum absolute atomic E-state index is 0.0948. The van der Waals surface area contributed by atoms with E-state index in [2.05, 4.69) is 11.6 Å². The van der Waals surface area contributed by atoms with Crippen LogP contribution in [0.2, 0.25) is 0 Å². The van der Waals surface area contributed by atoms with E-state index in [9.17, 15) is 0 Å². The summed E-state index contributed by atoms with van der Waals surface area (Å²) < 4.78 is 6.57. The Balaban J connectivity index is 3.24. The first kappa shape index (κ1) is 5.22. The predicted molar refractivity (Wildman–Crippen MR) is 34.1 cm³/mol. The minimum atomic E-state index is 0.0948. The van der Waals surface area contributed by atoms with Crippen LogP contribution < -0.4 is 10.9 Å². The highest BCUT2D eigenvalue weighted by atomic mass is 16.3. The third kappa shape index (κ3) is 0.452. The van der Waals surface area contributed by atoms with Gasteiger partial charge in [0.25, 0.3) is 0 Å². The third-order valence-electron chi connectivity index (χ3n) is 1.36. The second kappa shape index (κ2) is 1.47. The van der Waals surface area contributed by atoms with E-state index in [0.717, 1.165) is 0 Å². The zero-order valence-electron chi connectivity index (χ0n) is 5.16. The van der Waals surface area contributed by atoms with Crippen LogP contribution in [0.3, 0.4) is 0 Å². The topological polar surface area (TPSA) is 54.3 Å². The van der Waals surface area contributed by atoms with Gasteiger partial charge in [-0.15, -0.1) is 0 Å². The molecule has 1 N–H and O–H groups in total. The molecule has 0 saturated carbocycles. The standard InChI is InChI=1S/C6H5N3O/c1-4-6(7)10-5-2-8-3-9(4)5/h2-3,7H,1H2. The highest BCUT2D eigenvalue weighted by Gasteiger charge is 1.97. The molecule has 0 aliphatic carbocycles. The zero-order chi connectivity index (χ0) is 7.14. The summed E-state index contributed by atoms with van der Waals surface area (Å²) in [7, 11) is 0. The van der Waals surface area contributed by atoms with Gasteiger partial charge in [-0.05, 0) is 0 Å². The number of rotatable bonds is 0. The van der Waals surface area contributed by atoms with Crippen molar-refractivity contribution in [2.24, 2.45) is 0 Å². The molecule has 0 spiro atoms. The first-order valence-electron chi connectivity index (χ1n) is 2.77. The van der Waals surface area contributed by atoms with E-state index >= 15 is 0 Å². The summed E-state index contributed by atoms with van der Waals surface area (Å²) in [6.07, 6.45) is 3.12. The summed E-state index contributed by atoms with van der Waals surface area (Å²) in [6, 6.07) is 0. The van der Waals surface area contributed by atoms with Crippen molar-refractivity contribution >= 4 is 12.3 Å². The lowest BCUT2D eigenvalue weighted by Gasteiger charge is -1.72. The van der Waals surface area contributed by atoms with Gasteiger partial charge in [-0.1, -0.05) is 6.58 Å². The second-order valence-electron chi connectivity index (χ2n) is 1.98. The van der Waals surface area contributed by atoms with Crippen LogP contribution in [0.5, 0.6) is 0 Å². The van der Waals surface area contributed by atoms with Crippen LogP contribution in [0, 0.1) is 5.41 Å². The molecule has 0 saturated heterocycles. The highest BCUT2D eigenvalue weighted by molar-refractivity contribution is 5.30. The fourth-order valence-corrected chi connectivity index (χ4v) is 0.834. The van der Waals surface area contributed by atoms with Crippen LogP contribution in [0.25, 0.3) is 12.3 Å². The van der Waals surface area contributed by atoms with Crippen molar-refractivity contribution < 1.29 is 4.42 Å². The van der Waals surface area contributed by atoms with E-state index in [-0.39, 0.29) is 5.55 Å². The lowest BCUT2D eigenvalue weighted by atomic mass is 10.7. The zero-order valence-corrected chi connectivity index (χ0v) is 5.16. The molecule has 0 atom stereocenters. The summed E-state index contributed by atoms with van der Waals surface area (Å²) in [5.74, 6) is 0. The molecule has 4 heteroatoms. The lowest BCUT2D eigenvalue weighted by Crippen LogP contribution is -2.21. The van der Waals surface area contributed by atoms with Crippen LogP contribution >= 0.6 is 0 Å². The van der Waals surface area contributed by atoms with Crippen LogP contribution in [0.1, 0.15) is 0 Å². The van der Waals surface area contributed by atoms with Crippen molar-refractivity contribution in [1.82, 2.24) is 9.38 Å². The average Bonchev–Trinajstić information content (AvgIpc) is 2.41. The lowest BCUT2D eigenvalue weighted by molar-refractivity contribution is 0.539. The summed E-state index contributed by atoms with van der Waals surface area (Å²) >= 11 is 0. The number of aromatic nitrogens is 2. The molecule has 0 bridgehead atoms.